The third-order valence-electron chi connectivity index (χ3n) is 3.67. The van der Waals surface area contributed by atoms with E-state index in [9.17, 15) is 14.7 Å². The Labute approximate surface area is 99.0 Å². The fourth-order valence-electron chi connectivity index (χ4n) is 2.13. The summed E-state index contributed by atoms with van der Waals surface area (Å²) in [5.41, 5.74) is -1.02. The van der Waals surface area contributed by atoms with Crippen LogP contribution in [0.4, 0.5) is 0 Å². The minimum atomic E-state index is -1.02. The molecule has 6 heteroatoms. The summed E-state index contributed by atoms with van der Waals surface area (Å²) in [6.45, 7) is 2.36. The van der Waals surface area contributed by atoms with Crippen molar-refractivity contribution in [1.29, 1.82) is 0 Å². The number of hydrogen-bond donors (Lipinski definition) is 3. The monoisotopic (exact) mass is 243 g/mol. The van der Waals surface area contributed by atoms with E-state index >= 15 is 0 Å². The highest BCUT2D eigenvalue weighted by Crippen LogP contribution is 2.38. The summed E-state index contributed by atoms with van der Waals surface area (Å²) in [7, 11) is 0. The van der Waals surface area contributed by atoms with Gasteiger partial charge in [-0.1, -0.05) is 0 Å². The Morgan fingerprint density at radius 1 is 1.47 bits per heavy atom. The van der Waals surface area contributed by atoms with E-state index in [1.165, 1.54) is 0 Å². The van der Waals surface area contributed by atoms with Crippen LogP contribution in [0.3, 0.4) is 0 Å². The number of carboxylic acid groups (broad SMARTS) is 1. The molecule has 1 saturated carbocycles. The first-order valence-electron chi connectivity index (χ1n) is 5.78. The highest BCUT2D eigenvalue weighted by molar-refractivity contribution is 5.89. The number of ether oxygens (including phenoxy) is 1. The van der Waals surface area contributed by atoms with E-state index in [1.807, 2.05) is 0 Å². The maximum Gasteiger partial charge on any atom is 0.307 e. The quantitative estimate of drug-likeness (QED) is 0.610. The molecule has 0 aromatic heterocycles. The van der Waals surface area contributed by atoms with E-state index < -0.39 is 23.4 Å². The van der Waals surface area contributed by atoms with Gasteiger partial charge in [0, 0.05) is 19.6 Å². The van der Waals surface area contributed by atoms with Crippen molar-refractivity contribution >= 4 is 11.9 Å². The Hall–Kier alpha value is -1.14. The largest absolute Gasteiger partial charge is 0.481 e. The van der Waals surface area contributed by atoms with Crippen LogP contribution in [-0.2, 0) is 14.3 Å². The molecule has 2 unspecified atom stereocenters. The number of aliphatic hydroxyl groups is 1. The minimum absolute atomic E-state index is 0.121. The first kappa shape index (κ1) is 12.3. The summed E-state index contributed by atoms with van der Waals surface area (Å²) >= 11 is 0. The van der Waals surface area contributed by atoms with Gasteiger partial charge in [0.1, 0.15) is 5.60 Å². The van der Waals surface area contributed by atoms with Gasteiger partial charge in [-0.05, 0) is 13.3 Å². The van der Waals surface area contributed by atoms with Crippen LogP contribution in [0.2, 0.25) is 0 Å². The number of carbonyl (C=O) groups excluding carboxylic acids is 1. The van der Waals surface area contributed by atoms with E-state index in [1.54, 1.807) is 6.92 Å². The summed E-state index contributed by atoms with van der Waals surface area (Å²) in [6, 6.07) is 0. The molecule has 0 aromatic rings. The second kappa shape index (κ2) is 4.27. The molecule has 1 amide bonds. The second-order valence-electron chi connectivity index (χ2n) is 4.87. The van der Waals surface area contributed by atoms with Crippen molar-refractivity contribution in [2.75, 3.05) is 13.2 Å². The van der Waals surface area contributed by atoms with Crippen molar-refractivity contribution in [3.05, 3.63) is 0 Å². The highest BCUT2D eigenvalue weighted by atomic mass is 16.5. The lowest BCUT2D eigenvalue weighted by atomic mass is 9.96. The van der Waals surface area contributed by atoms with Crippen molar-refractivity contribution in [3.8, 4) is 0 Å². The molecule has 1 aliphatic heterocycles. The predicted molar refractivity (Wildman–Crippen MR) is 57.2 cm³/mol. The van der Waals surface area contributed by atoms with Crippen LogP contribution in [0.15, 0.2) is 0 Å². The molecular formula is C11H17NO5. The normalized spacial score (nSPS) is 40.0. The second-order valence-corrected chi connectivity index (χ2v) is 4.87. The first-order valence-corrected chi connectivity index (χ1v) is 5.78. The molecule has 2 rings (SSSR count). The molecule has 1 aliphatic carbocycles. The van der Waals surface area contributed by atoms with Crippen LogP contribution in [0.25, 0.3) is 0 Å². The molecule has 96 valence electrons. The number of hydrogen-bond acceptors (Lipinski definition) is 4. The molecule has 0 aromatic carbocycles. The molecule has 0 bridgehead atoms. The smallest absolute Gasteiger partial charge is 0.307 e. The highest BCUT2D eigenvalue weighted by Gasteiger charge is 2.49. The molecule has 0 radical (unpaired) electrons. The van der Waals surface area contributed by atoms with E-state index in [2.05, 4.69) is 5.32 Å². The number of aliphatic carboxylic acids is 1. The number of nitrogens with one attached hydrogen (secondary N) is 1. The summed E-state index contributed by atoms with van der Waals surface area (Å²) in [5.74, 6) is -2.21. The van der Waals surface area contributed by atoms with Gasteiger partial charge in [-0.3, -0.25) is 9.59 Å². The van der Waals surface area contributed by atoms with Gasteiger partial charge in [0.25, 0.3) is 0 Å². The van der Waals surface area contributed by atoms with Crippen LogP contribution >= 0.6 is 0 Å². The molecule has 1 heterocycles. The Morgan fingerprint density at radius 2 is 2.18 bits per heavy atom. The average molecular weight is 243 g/mol. The molecule has 0 spiro atoms. The van der Waals surface area contributed by atoms with Crippen LogP contribution in [0, 0.1) is 11.8 Å². The third kappa shape index (κ3) is 2.42. The zero-order valence-corrected chi connectivity index (χ0v) is 9.68. The lowest BCUT2D eigenvalue weighted by molar-refractivity contribution is -0.140. The Bertz CT molecular complexity index is 345. The summed E-state index contributed by atoms with van der Waals surface area (Å²) < 4.78 is 5.24. The van der Waals surface area contributed by atoms with E-state index in [0.717, 1.165) is 0 Å². The summed E-state index contributed by atoms with van der Waals surface area (Å²) in [5, 5.41) is 21.4. The number of amides is 1. The van der Waals surface area contributed by atoms with Crippen molar-refractivity contribution in [1.82, 2.24) is 5.32 Å². The van der Waals surface area contributed by atoms with Gasteiger partial charge < -0.3 is 20.3 Å². The summed E-state index contributed by atoms with van der Waals surface area (Å²) in [6.07, 6.45) is 0.574. The lowest BCUT2D eigenvalue weighted by Crippen LogP contribution is -2.48. The molecular weight excluding hydrogens is 226 g/mol. The number of carboxylic acids is 1. The molecule has 17 heavy (non-hydrogen) atoms. The fourth-order valence-corrected chi connectivity index (χ4v) is 2.13. The maximum absolute atomic E-state index is 11.6. The van der Waals surface area contributed by atoms with Crippen molar-refractivity contribution in [3.63, 3.8) is 0 Å². The molecule has 6 nitrogen and oxygen atoms in total. The average Bonchev–Trinajstić information content (AvgIpc) is 3.00. The maximum atomic E-state index is 11.6. The van der Waals surface area contributed by atoms with Crippen LogP contribution in [0.1, 0.15) is 19.8 Å². The minimum Gasteiger partial charge on any atom is -0.481 e. The van der Waals surface area contributed by atoms with Gasteiger partial charge in [0.2, 0.25) is 5.91 Å². The standard InChI is InChI=1S/C11H17NO5/c1-6-11(16,2-3-17-6)5-12-9(13)7-4-8(7)10(14)15/h6-8,16H,2-5H2,1H3,(H,12,13)(H,14,15)/t6?,7-,8+,11?/m1/s1. The Morgan fingerprint density at radius 3 is 2.65 bits per heavy atom. The Kier molecular flexibility index (Phi) is 3.09. The van der Waals surface area contributed by atoms with Gasteiger partial charge in [-0.15, -0.1) is 0 Å². The molecule has 2 aliphatic rings. The van der Waals surface area contributed by atoms with Crippen LogP contribution in [0.5, 0.6) is 0 Å². The predicted octanol–water partition coefficient (Wildman–Crippen LogP) is -0.637. The van der Waals surface area contributed by atoms with Gasteiger partial charge in [0.15, 0.2) is 0 Å². The molecule has 2 fully saturated rings. The van der Waals surface area contributed by atoms with Crippen LogP contribution in [-0.4, -0.2) is 46.9 Å². The van der Waals surface area contributed by atoms with E-state index in [0.29, 0.717) is 19.4 Å². The van der Waals surface area contributed by atoms with Gasteiger partial charge in [0.05, 0.1) is 17.9 Å². The first-order chi connectivity index (χ1) is 7.94. The third-order valence-corrected chi connectivity index (χ3v) is 3.67. The van der Waals surface area contributed by atoms with E-state index in [4.69, 9.17) is 9.84 Å². The topological polar surface area (TPSA) is 95.9 Å². The van der Waals surface area contributed by atoms with Crippen molar-refractivity contribution < 1.29 is 24.5 Å². The summed E-state index contributed by atoms with van der Waals surface area (Å²) in [4.78, 5) is 22.2. The van der Waals surface area contributed by atoms with Crippen molar-refractivity contribution in [2.45, 2.75) is 31.5 Å². The van der Waals surface area contributed by atoms with E-state index in [-0.39, 0.29) is 18.6 Å². The van der Waals surface area contributed by atoms with Gasteiger partial charge >= 0.3 is 5.97 Å². The van der Waals surface area contributed by atoms with Gasteiger partial charge in [-0.2, -0.15) is 0 Å². The SMILES string of the molecule is CC1OCCC1(O)CNC(=O)[C@@H]1C[C@@H]1C(=O)O. The zero-order chi connectivity index (χ0) is 12.6. The van der Waals surface area contributed by atoms with Crippen LogP contribution < -0.4 is 5.32 Å². The number of rotatable bonds is 4. The zero-order valence-electron chi connectivity index (χ0n) is 9.68. The molecule has 1 saturated heterocycles. The molecule has 3 N–H and O–H groups in total. The van der Waals surface area contributed by atoms with Crippen molar-refractivity contribution in [2.24, 2.45) is 11.8 Å². The van der Waals surface area contributed by atoms with Gasteiger partial charge in [-0.25, -0.2) is 0 Å². The molecule has 4 atom stereocenters. The Balaban J connectivity index is 1.79. The fraction of sp³-hybridized carbons (Fsp3) is 0.818. The lowest BCUT2D eigenvalue weighted by Gasteiger charge is -2.26. The number of carbonyl (C=O) groups is 2.